The molecule has 1 aromatic carbocycles. The summed E-state index contributed by atoms with van der Waals surface area (Å²) in [6.45, 7) is 7.44. The minimum atomic E-state index is -1.10. The van der Waals surface area contributed by atoms with Gasteiger partial charge in [0.05, 0.1) is 0 Å². The van der Waals surface area contributed by atoms with Crippen LogP contribution >= 0.6 is 21.6 Å². The van der Waals surface area contributed by atoms with E-state index in [0.717, 1.165) is 16.5 Å². The lowest BCUT2D eigenvalue weighted by Gasteiger charge is -2.22. The van der Waals surface area contributed by atoms with Crippen LogP contribution in [-0.4, -0.2) is 50.5 Å². The second kappa shape index (κ2) is 10.1. The van der Waals surface area contributed by atoms with Crippen molar-refractivity contribution < 1.29 is 19.5 Å². The van der Waals surface area contributed by atoms with Crippen molar-refractivity contribution in [3.8, 4) is 0 Å². The zero-order chi connectivity index (χ0) is 21.6. The van der Waals surface area contributed by atoms with E-state index < -0.39 is 24.0 Å². The quantitative estimate of drug-likeness (QED) is 0.449. The predicted molar refractivity (Wildman–Crippen MR) is 119 cm³/mol. The highest BCUT2D eigenvalue weighted by Crippen LogP contribution is 2.35. The summed E-state index contributed by atoms with van der Waals surface area (Å²) >= 11 is 0. The fourth-order valence-electron chi connectivity index (χ4n) is 2.70. The van der Waals surface area contributed by atoms with Crippen molar-refractivity contribution in [3.63, 3.8) is 0 Å². The summed E-state index contributed by atoms with van der Waals surface area (Å²) < 4.78 is -0.0220. The van der Waals surface area contributed by atoms with Crippen LogP contribution in [0.1, 0.15) is 33.3 Å². The Morgan fingerprint density at radius 3 is 2.45 bits per heavy atom. The summed E-state index contributed by atoms with van der Waals surface area (Å²) in [6, 6.07) is 5.76. The number of rotatable bonds is 9. The van der Waals surface area contributed by atoms with Gasteiger partial charge in [-0.15, -0.1) is 0 Å². The van der Waals surface area contributed by atoms with Crippen LogP contribution in [0.25, 0.3) is 10.9 Å². The van der Waals surface area contributed by atoms with E-state index in [0.29, 0.717) is 0 Å². The molecular weight excluding hydrogens is 410 g/mol. The molecule has 2 amide bonds. The fourth-order valence-corrected chi connectivity index (χ4v) is 5.16. The number of carbonyl (C=O) groups is 3. The van der Waals surface area contributed by atoms with Crippen molar-refractivity contribution >= 4 is 50.3 Å². The minimum Gasteiger partial charge on any atom is -0.480 e. The number of aromatic amines is 1. The Balaban J connectivity index is 2.10. The molecule has 0 aliphatic heterocycles. The van der Waals surface area contributed by atoms with Crippen LogP contribution in [0.5, 0.6) is 0 Å². The normalized spacial score (nSPS) is 13.7. The Hall–Kier alpha value is -2.13. The van der Waals surface area contributed by atoms with Gasteiger partial charge in [0.1, 0.15) is 12.1 Å². The molecule has 1 aromatic heterocycles. The lowest BCUT2D eigenvalue weighted by molar-refractivity contribution is -0.141. The van der Waals surface area contributed by atoms with Gasteiger partial charge in [0.2, 0.25) is 11.8 Å². The number of carbonyl (C=O) groups excluding carboxylic acids is 2. The molecule has 0 aliphatic rings. The first-order valence-electron chi connectivity index (χ1n) is 9.22. The van der Waals surface area contributed by atoms with E-state index >= 15 is 0 Å². The summed E-state index contributed by atoms with van der Waals surface area (Å²) in [5.74, 6) is -1.74. The molecule has 0 unspecified atom stereocenters. The van der Waals surface area contributed by atoms with E-state index in [-0.39, 0.29) is 22.8 Å². The average Bonchev–Trinajstić information content (AvgIpc) is 3.02. The topological polar surface area (TPSA) is 111 Å². The summed E-state index contributed by atoms with van der Waals surface area (Å²) in [4.78, 5) is 39.2. The largest absolute Gasteiger partial charge is 0.480 e. The Labute approximate surface area is 178 Å². The van der Waals surface area contributed by atoms with Gasteiger partial charge < -0.3 is 20.7 Å². The van der Waals surface area contributed by atoms with E-state index in [2.05, 4.69) is 15.6 Å². The Morgan fingerprint density at radius 1 is 1.14 bits per heavy atom. The van der Waals surface area contributed by atoms with E-state index in [9.17, 15) is 19.5 Å². The first-order chi connectivity index (χ1) is 13.6. The van der Waals surface area contributed by atoms with Gasteiger partial charge in [0, 0.05) is 40.9 Å². The molecule has 0 spiro atoms. The third kappa shape index (κ3) is 7.32. The highest BCUT2D eigenvalue weighted by atomic mass is 33.1. The monoisotopic (exact) mass is 437 g/mol. The molecule has 2 rings (SSSR count). The van der Waals surface area contributed by atoms with Gasteiger partial charge in [-0.25, -0.2) is 4.79 Å². The lowest BCUT2D eigenvalue weighted by Crippen LogP contribution is -2.52. The molecule has 2 aromatic rings. The molecule has 4 N–H and O–H groups in total. The molecule has 1 heterocycles. The number of H-pyrrole nitrogens is 1. The maximum Gasteiger partial charge on any atom is 0.327 e. The third-order valence-corrected chi connectivity index (χ3v) is 7.30. The van der Waals surface area contributed by atoms with Gasteiger partial charge in [-0.1, -0.05) is 60.6 Å². The van der Waals surface area contributed by atoms with E-state index in [4.69, 9.17) is 0 Å². The molecule has 0 radical (unpaired) electrons. The first kappa shape index (κ1) is 23.2. The second-order valence-corrected chi connectivity index (χ2v) is 10.9. The smallest absolute Gasteiger partial charge is 0.327 e. The number of hydrogen-bond acceptors (Lipinski definition) is 5. The molecule has 158 valence electrons. The standard InChI is InChI=1S/C20H27N3O4S2/c1-12(24)22-16(9-13-10-21-15-8-6-5-7-14(13)15)18(25)23-17(19(26)27)11-28-29-20(2,3)4/h5-8,10,16-17,21H,9,11H2,1-4H3,(H,22,24)(H,23,25)(H,26,27)/t16-,17-/m0/s1. The second-order valence-electron chi connectivity index (χ2n) is 7.70. The molecule has 2 atom stereocenters. The van der Waals surface area contributed by atoms with Crippen molar-refractivity contribution in [1.82, 2.24) is 15.6 Å². The number of aromatic nitrogens is 1. The summed E-state index contributed by atoms with van der Waals surface area (Å²) in [5.41, 5.74) is 1.81. The molecule has 0 saturated heterocycles. The van der Waals surface area contributed by atoms with Crippen LogP contribution in [0.4, 0.5) is 0 Å². The number of nitrogens with one attached hydrogen (secondary N) is 3. The fraction of sp³-hybridized carbons (Fsp3) is 0.450. The lowest BCUT2D eigenvalue weighted by atomic mass is 10.0. The Morgan fingerprint density at radius 2 is 1.83 bits per heavy atom. The highest BCUT2D eigenvalue weighted by Gasteiger charge is 2.27. The molecule has 0 fully saturated rings. The van der Waals surface area contributed by atoms with Crippen LogP contribution < -0.4 is 10.6 Å². The van der Waals surface area contributed by atoms with Gasteiger partial charge in [-0.2, -0.15) is 0 Å². The van der Waals surface area contributed by atoms with E-state index in [1.807, 2.05) is 45.0 Å². The summed E-state index contributed by atoms with van der Waals surface area (Å²) in [7, 11) is 2.96. The molecule has 0 aliphatic carbocycles. The number of fused-ring (bicyclic) bond motifs is 1. The third-order valence-electron chi connectivity index (χ3n) is 3.95. The van der Waals surface area contributed by atoms with Gasteiger partial charge in [0.25, 0.3) is 0 Å². The number of hydrogen-bond donors (Lipinski definition) is 4. The van der Waals surface area contributed by atoms with Crippen LogP contribution in [0.2, 0.25) is 0 Å². The predicted octanol–water partition coefficient (Wildman–Crippen LogP) is 2.96. The number of aliphatic carboxylic acids is 1. The number of para-hydroxylation sites is 1. The van der Waals surface area contributed by atoms with Gasteiger partial charge in [-0.3, -0.25) is 9.59 Å². The number of benzene rings is 1. The summed E-state index contributed by atoms with van der Waals surface area (Å²) in [5, 5.41) is 15.7. The Bertz CT molecular complexity index is 876. The van der Waals surface area contributed by atoms with Crippen LogP contribution in [0, 0.1) is 0 Å². The number of carboxylic acid groups (broad SMARTS) is 1. The maximum atomic E-state index is 12.8. The van der Waals surface area contributed by atoms with E-state index in [1.54, 1.807) is 17.0 Å². The van der Waals surface area contributed by atoms with Crippen molar-refractivity contribution in [1.29, 1.82) is 0 Å². The molecule has 0 bridgehead atoms. The SMILES string of the molecule is CC(=O)N[C@@H](Cc1c[nH]c2ccccc12)C(=O)N[C@@H](CSSC(C)(C)C)C(=O)O. The van der Waals surface area contributed by atoms with Crippen molar-refractivity contribution in [2.75, 3.05) is 5.75 Å². The van der Waals surface area contributed by atoms with Crippen molar-refractivity contribution in [2.24, 2.45) is 0 Å². The van der Waals surface area contributed by atoms with Crippen molar-refractivity contribution in [2.45, 2.75) is 50.9 Å². The molecule has 29 heavy (non-hydrogen) atoms. The average molecular weight is 438 g/mol. The molecule has 9 heteroatoms. The van der Waals surface area contributed by atoms with Crippen LogP contribution in [0.3, 0.4) is 0 Å². The van der Waals surface area contributed by atoms with E-state index in [1.165, 1.54) is 17.7 Å². The zero-order valence-corrected chi connectivity index (χ0v) is 18.6. The number of amides is 2. The molecule has 7 nitrogen and oxygen atoms in total. The highest BCUT2D eigenvalue weighted by molar-refractivity contribution is 8.77. The number of carboxylic acids is 1. The van der Waals surface area contributed by atoms with Crippen molar-refractivity contribution in [3.05, 3.63) is 36.0 Å². The Kier molecular flexibility index (Phi) is 8.04. The molecule has 0 saturated carbocycles. The van der Waals surface area contributed by atoms with Crippen LogP contribution in [0.15, 0.2) is 30.5 Å². The molecular formula is C20H27N3O4S2. The van der Waals surface area contributed by atoms with Crippen LogP contribution in [-0.2, 0) is 20.8 Å². The zero-order valence-electron chi connectivity index (χ0n) is 16.9. The van der Waals surface area contributed by atoms with Gasteiger partial charge >= 0.3 is 5.97 Å². The summed E-state index contributed by atoms with van der Waals surface area (Å²) in [6.07, 6.45) is 2.06. The minimum absolute atomic E-state index is 0.0220. The van der Waals surface area contributed by atoms with Gasteiger partial charge in [0.15, 0.2) is 0 Å². The first-order valence-corrected chi connectivity index (χ1v) is 11.5. The maximum absolute atomic E-state index is 12.8. The van der Waals surface area contributed by atoms with Gasteiger partial charge in [-0.05, 0) is 11.6 Å².